The maximum Gasteiger partial charge on any atom is 0.224 e. The lowest BCUT2D eigenvalue weighted by Gasteiger charge is -2.13. The summed E-state index contributed by atoms with van der Waals surface area (Å²) < 4.78 is 0. The molecule has 2 N–H and O–H groups in total. The SMILES string of the molecule is CC(Cc1cccs1)NC(=O)Cc1cccc(O)c1. The molecule has 0 aliphatic heterocycles. The number of rotatable bonds is 5. The number of hydrogen-bond donors (Lipinski definition) is 2. The van der Waals surface area contributed by atoms with Crippen LogP contribution in [0.1, 0.15) is 17.4 Å². The number of benzene rings is 1. The lowest BCUT2D eigenvalue weighted by molar-refractivity contribution is -0.121. The molecule has 2 rings (SSSR count). The van der Waals surface area contributed by atoms with Crippen LogP contribution in [0, 0.1) is 0 Å². The van der Waals surface area contributed by atoms with E-state index in [0.717, 1.165) is 12.0 Å². The van der Waals surface area contributed by atoms with Crippen LogP contribution < -0.4 is 5.32 Å². The van der Waals surface area contributed by atoms with Crippen molar-refractivity contribution in [2.75, 3.05) is 0 Å². The molecule has 0 aliphatic carbocycles. The number of carbonyl (C=O) groups is 1. The Balaban J connectivity index is 1.84. The highest BCUT2D eigenvalue weighted by molar-refractivity contribution is 7.09. The average molecular weight is 275 g/mol. The summed E-state index contributed by atoms with van der Waals surface area (Å²) in [6.45, 7) is 2.00. The zero-order chi connectivity index (χ0) is 13.7. The van der Waals surface area contributed by atoms with Gasteiger partial charge in [-0.25, -0.2) is 0 Å². The summed E-state index contributed by atoms with van der Waals surface area (Å²) >= 11 is 1.70. The molecule has 19 heavy (non-hydrogen) atoms. The smallest absolute Gasteiger partial charge is 0.224 e. The highest BCUT2D eigenvalue weighted by Gasteiger charge is 2.09. The Morgan fingerprint density at radius 3 is 2.89 bits per heavy atom. The molecule has 0 fully saturated rings. The highest BCUT2D eigenvalue weighted by atomic mass is 32.1. The van der Waals surface area contributed by atoms with Crippen LogP contribution in [0.5, 0.6) is 5.75 Å². The van der Waals surface area contributed by atoms with Crippen molar-refractivity contribution in [3.63, 3.8) is 0 Å². The largest absolute Gasteiger partial charge is 0.508 e. The molecule has 0 saturated heterocycles. The van der Waals surface area contributed by atoms with Crippen LogP contribution in [0.15, 0.2) is 41.8 Å². The van der Waals surface area contributed by atoms with Gasteiger partial charge in [-0.1, -0.05) is 18.2 Å². The summed E-state index contributed by atoms with van der Waals surface area (Å²) in [6.07, 6.45) is 1.15. The minimum Gasteiger partial charge on any atom is -0.508 e. The molecule has 4 heteroatoms. The lowest BCUT2D eigenvalue weighted by atomic mass is 10.1. The minimum atomic E-state index is -0.0188. The molecule has 0 saturated carbocycles. The average Bonchev–Trinajstić information content (AvgIpc) is 2.81. The fourth-order valence-electron chi connectivity index (χ4n) is 1.96. The van der Waals surface area contributed by atoms with Crippen LogP contribution in [0.3, 0.4) is 0 Å². The zero-order valence-electron chi connectivity index (χ0n) is 10.8. The van der Waals surface area contributed by atoms with Crippen molar-refractivity contribution < 1.29 is 9.90 Å². The molecule has 1 aromatic carbocycles. The van der Waals surface area contributed by atoms with E-state index in [0.29, 0.717) is 6.42 Å². The molecular weight excluding hydrogens is 258 g/mol. The lowest BCUT2D eigenvalue weighted by Crippen LogP contribution is -2.34. The Labute approximate surface area is 116 Å². The molecule has 1 aromatic heterocycles. The Kier molecular flexibility index (Phi) is 4.58. The van der Waals surface area contributed by atoms with Gasteiger partial charge in [0.05, 0.1) is 6.42 Å². The van der Waals surface area contributed by atoms with Gasteiger partial charge >= 0.3 is 0 Å². The second kappa shape index (κ2) is 6.38. The zero-order valence-corrected chi connectivity index (χ0v) is 11.6. The molecule has 0 aliphatic rings. The number of hydrogen-bond acceptors (Lipinski definition) is 3. The number of aromatic hydroxyl groups is 1. The Morgan fingerprint density at radius 2 is 2.21 bits per heavy atom. The van der Waals surface area contributed by atoms with E-state index in [1.54, 1.807) is 29.5 Å². The molecule has 2 aromatic rings. The van der Waals surface area contributed by atoms with E-state index in [1.165, 1.54) is 4.88 Å². The second-order valence-electron chi connectivity index (χ2n) is 4.60. The van der Waals surface area contributed by atoms with Crippen LogP contribution >= 0.6 is 11.3 Å². The number of phenols is 1. The third kappa shape index (κ3) is 4.41. The Morgan fingerprint density at radius 1 is 1.37 bits per heavy atom. The van der Waals surface area contributed by atoms with Crippen molar-refractivity contribution in [3.8, 4) is 5.75 Å². The standard InChI is InChI=1S/C15H17NO2S/c1-11(8-14-6-3-7-19-14)16-15(18)10-12-4-2-5-13(17)9-12/h2-7,9,11,17H,8,10H2,1H3,(H,16,18). The van der Waals surface area contributed by atoms with Gasteiger partial charge in [-0.2, -0.15) is 0 Å². The fraction of sp³-hybridized carbons (Fsp3) is 0.267. The summed E-state index contributed by atoms with van der Waals surface area (Å²) in [4.78, 5) is 13.1. The van der Waals surface area contributed by atoms with E-state index in [9.17, 15) is 9.90 Å². The van der Waals surface area contributed by atoms with Crippen molar-refractivity contribution in [1.29, 1.82) is 0 Å². The first kappa shape index (κ1) is 13.6. The first-order chi connectivity index (χ1) is 9.13. The quantitative estimate of drug-likeness (QED) is 0.881. The van der Waals surface area contributed by atoms with Gasteiger partial charge in [-0.15, -0.1) is 11.3 Å². The first-order valence-corrected chi connectivity index (χ1v) is 7.11. The summed E-state index contributed by atoms with van der Waals surface area (Å²) in [6, 6.07) is 11.0. The molecule has 100 valence electrons. The maximum atomic E-state index is 11.9. The molecule has 1 amide bonds. The van der Waals surface area contributed by atoms with E-state index < -0.39 is 0 Å². The van der Waals surface area contributed by atoms with Crippen LogP contribution in [0.2, 0.25) is 0 Å². The number of thiophene rings is 1. The van der Waals surface area contributed by atoms with E-state index >= 15 is 0 Å². The van der Waals surface area contributed by atoms with Gasteiger partial charge in [0.2, 0.25) is 5.91 Å². The van der Waals surface area contributed by atoms with E-state index in [1.807, 2.05) is 24.4 Å². The number of amides is 1. The monoisotopic (exact) mass is 275 g/mol. The third-order valence-corrected chi connectivity index (χ3v) is 3.67. The van der Waals surface area contributed by atoms with Gasteiger partial charge < -0.3 is 10.4 Å². The molecule has 1 heterocycles. The number of carbonyl (C=O) groups excluding carboxylic acids is 1. The first-order valence-electron chi connectivity index (χ1n) is 6.23. The summed E-state index contributed by atoms with van der Waals surface area (Å²) in [5, 5.41) is 14.4. The number of phenolic OH excluding ortho intramolecular Hbond substituents is 1. The van der Waals surface area contributed by atoms with Gasteiger partial charge in [0.1, 0.15) is 5.75 Å². The predicted molar refractivity (Wildman–Crippen MR) is 77.4 cm³/mol. The van der Waals surface area contributed by atoms with E-state index in [4.69, 9.17) is 0 Å². The third-order valence-electron chi connectivity index (χ3n) is 2.77. The van der Waals surface area contributed by atoms with Crippen molar-refractivity contribution >= 4 is 17.2 Å². The highest BCUT2D eigenvalue weighted by Crippen LogP contribution is 2.12. The summed E-state index contributed by atoms with van der Waals surface area (Å²) in [7, 11) is 0. The molecule has 0 spiro atoms. The van der Waals surface area contributed by atoms with E-state index in [2.05, 4.69) is 11.4 Å². The van der Waals surface area contributed by atoms with Crippen molar-refractivity contribution in [2.45, 2.75) is 25.8 Å². The van der Waals surface area contributed by atoms with Crippen LogP contribution in [0.4, 0.5) is 0 Å². The molecule has 1 atom stereocenters. The van der Waals surface area contributed by atoms with Gasteiger partial charge in [-0.3, -0.25) is 4.79 Å². The van der Waals surface area contributed by atoms with Gasteiger partial charge in [0.25, 0.3) is 0 Å². The van der Waals surface area contributed by atoms with E-state index in [-0.39, 0.29) is 17.7 Å². The molecule has 0 bridgehead atoms. The second-order valence-corrected chi connectivity index (χ2v) is 5.63. The van der Waals surface area contributed by atoms with Crippen LogP contribution in [0.25, 0.3) is 0 Å². The normalized spacial score (nSPS) is 12.1. The van der Waals surface area contributed by atoms with Crippen LogP contribution in [-0.2, 0) is 17.6 Å². The van der Waals surface area contributed by atoms with Crippen molar-refractivity contribution in [2.24, 2.45) is 0 Å². The molecule has 0 radical (unpaired) electrons. The summed E-state index contributed by atoms with van der Waals surface area (Å²) in [5.41, 5.74) is 0.820. The van der Waals surface area contributed by atoms with Gasteiger partial charge in [0, 0.05) is 17.3 Å². The minimum absolute atomic E-state index is 0.0188. The topological polar surface area (TPSA) is 49.3 Å². The van der Waals surface area contributed by atoms with Crippen molar-refractivity contribution in [3.05, 3.63) is 52.2 Å². The van der Waals surface area contributed by atoms with Gasteiger partial charge in [0.15, 0.2) is 0 Å². The van der Waals surface area contributed by atoms with Gasteiger partial charge in [-0.05, 0) is 36.1 Å². The Hall–Kier alpha value is -1.81. The fourth-order valence-corrected chi connectivity index (χ4v) is 2.79. The van der Waals surface area contributed by atoms with Crippen molar-refractivity contribution in [1.82, 2.24) is 5.32 Å². The maximum absolute atomic E-state index is 11.9. The predicted octanol–water partition coefficient (Wildman–Crippen LogP) is 2.74. The molecule has 3 nitrogen and oxygen atoms in total. The molecule has 1 unspecified atom stereocenters. The number of nitrogens with one attached hydrogen (secondary N) is 1. The Bertz CT molecular complexity index is 537. The van der Waals surface area contributed by atoms with Crippen LogP contribution in [-0.4, -0.2) is 17.1 Å². The molecular formula is C15H17NO2S. The summed E-state index contributed by atoms with van der Waals surface area (Å²) in [5.74, 6) is 0.173.